The van der Waals surface area contributed by atoms with Crippen LogP contribution in [0.25, 0.3) is 11.1 Å². The van der Waals surface area contributed by atoms with E-state index in [4.69, 9.17) is 4.74 Å². The van der Waals surface area contributed by atoms with Crippen LogP contribution < -0.4 is 21.4 Å². The Kier molecular flexibility index (Phi) is 13.9. The number of aromatic nitrogens is 1. The molecule has 3 aromatic rings. The predicted molar refractivity (Wildman–Crippen MR) is 191 cm³/mol. The zero-order valence-electron chi connectivity index (χ0n) is 30.0. The van der Waals surface area contributed by atoms with Gasteiger partial charge in [0.2, 0.25) is 11.8 Å². The largest absolute Gasteiger partial charge is 0.453 e. The molecule has 3 atom stereocenters. The third-order valence-electron chi connectivity index (χ3n) is 8.27. The lowest BCUT2D eigenvalue weighted by Gasteiger charge is -2.33. The Morgan fingerprint density at radius 2 is 1.39 bits per heavy atom. The van der Waals surface area contributed by atoms with E-state index in [0.717, 1.165) is 22.3 Å². The van der Waals surface area contributed by atoms with Crippen LogP contribution in [0.15, 0.2) is 79.1 Å². The number of nitrogens with one attached hydrogen (secondary N) is 4. The molecular weight excluding hydrogens is 620 g/mol. The van der Waals surface area contributed by atoms with Gasteiger partial charge >= 0.3 is 6.09 Å². The van der Waals surface area contributed by atoms with Crippen molar-refractivity contribution in [2.24, 2.45) is 16.7 Å². The highest BCUT2D eigenvalue weighted by Gasteiger charge is 2.36. The molecule has 0 fully saturated rings. The molecule has 49 heavy (non-hydrogen) atoms. The summed E-state index contributed by atoms with van der Waals surface area (Å²) >= 11 is 0. The lowest BCUT2D eigenvalue weighted by molar-refractivity contribution is -0.134. The number of hydrogen-bond acceptors (Lipinski definition) is 7. The molecule has 4 amide bonds. The van der Waals surface area contributed by atoms with E-state index < -0.39 is 40.8 Å². The van der Waals surface area contributed by atoms with E-state index in [9.17, 15) is 19.2 Å². The Morgan fingerprint density at radius 1 is 0.755 bits per heavy atom. The molecule has 0 unspecified atom stereocenters. The van der Waals surface area contributed by atoms with Gasteiger partial charge in [0.1, 0.15) is 12.1 Å². The van der Waals surface area contributed by atoms with Crippen LogP contribution in [0, 0.1) is 16.7 Å². The van der Waals surface area contributed by atoms with Crippen LogP contribution >= 0.6 is 0 Å². The van der Waals surface area contributed by atoms with Gasteiger partial charge in [0.15, 0.2) is 0 Å². The molecular formula is C38H52N6O5. The summed E-state index contributed by atoms with van der Waals surface area (Å²) in [6, 6.07) is 19.9. The van der Waals surface area contributed by atoms with Crippen molar-refractivity contribution in [2.75, 3.05) is 20.7 Å². The van der Waals surface area contributed by atoms with Gasteiger partial charge in [-0.25, -0.2) is 9.80 Å². The topological polar surface area (TPSA) is 142 Å². The number of carbonyl (C=O) groups excluding carboxylic acids is 4. The van der Waals surface area contributed by atoms with Crippen LogP contribution in [0.2, 0.25) is 0 Å². The lowest BCUT2D eigenvalue weighted by Crippen LogP contribution is -2.57. The van der Waals surface area contributed by atoms with Gasteiger partial charge in [0.05, 0.1) is 7.11 Å². The first-order valence-electron chi connectivity index (χ1n) is 16.6. The Morgan fingerprint density at radius 3 is 1.94 bits per heavy atom. The van der Waals surface area contributed by atoms with Crippen LogP contribution in [0.3, 0.4) is 0 Å². The van der Waals surface area contributed by atoms with Crippen molar-refractivity contribution in [1.82, 2.24) is 31.4 Å². The second-order valence-corrected chi connectivity index (χ2v) is 14.4. The summed E-state index contributed by atoms with van der Waals surface area (Å²) in [6.07, 6.45) is 3.62. The fourth-order valence-electron chi connectivity index (χ4n) is 5.42. The van der Waals surface area contributed by atoms with E-state index in [1.54, 1.807) is 24.5 Å². The van der Waals surface area contributed by atoms with E-state index in [1.807, 2.05) is 108 Å². The Hall–Kier alpha value is -4.77. The van der Waals surface area contributed by atoms with Gasteiger partial charge in [0.25, 0.3) is 5.91 Å². The predicted octanol–water partition coefficient (Wildman–Crippen LogP) is 4.88. The van der Waals surface area contributed by atoms with Gasteiger partial charge < -0.3 is 20.7 Å². The zero-order valence-corrected chi connectivity index (χ0v) is 30.0. The van der Waals surface area contributed by atoms with Crippen molar-refractivity contribution in [3.05, 3.63) is 90.3 Å². The number of alkyl carbamates (subject to hydrolysis) is 1. The second-order valence-electron chi connectivity index (χ2n) is 14.4. The molecule has 0 saturated heterocycles. The van der Waals surface area contributed by atoms with Gasteiger partial charge in [-0.3, -0.25) is 24.8 Å². The van der Waals surface area contributed by atoms with Gasteiger partial charge in [-0.15, -0.1) is 0 Å². The quantitative estimate of drug-likeness (QED) is 0.179. The van der Waals surface area contributed by atoms with Crippen LogP contribution in [-0.4, -0.2) is 66.6 Å². The second kappa shape index (κ2) is 17.6. The first-order chi connectivity index (χ1) is 23.1. The van der Waals surface area contributed by atoms with Gasteiger partial charge in [0, 0.05) is 38.4 Å². The molecule has 0 aliphatic carbocycles. The Bertz CT molecular complexity index is 1520. The van der Waals surface area contributed by atoms with Crippen molar-refractivity contribution < 1.29 is 23.9 Å². The molecule has 0 bridgehead atoms. The van der Waals surface area contributed by atoms with E-state index in [1.165, 1.54) is 7.11 Å². The number of hydrazine groups is 1. The molecule has 0 spiro atoms. The number of hydrogen-bond donors (Lipinski definition) is 4. The monoisotopic (exact) mass is 672 g/mol. The van der Waals surface area contributed by atoms with Crippen molar-refractivity contribution in [3.8, 4) is 11.1 Å². The van der Waals surface area contributed by atoms with Crippen LogP contribution in [-0.2, 0) is 32.1 Å². The minimum atomic E-state index is -0.904. The molecule has 11 nitrogen and oxygen atoms in total. The van der Waals surface area contributed by atoms with E-state index in [0.29, 0.717) is 25.9 Å². The fourth-order valence-corrected chi connectivity index (χ4v) is 5.42. The van der Waals surface area contributed by atoms with Crippen molar-refractivity contribution in [2.45, 2.75) is 73.0 Å². The smallest absolute Gasteiger partial charge is 0.407 e. The molecule has 0 saturated carbocycles. The molecule has 11 heteroatoms. The fraction of sp³-hybridized carbons (Fsp3) is 0.447. The summed E-state index contributed by atoms with van der Waals surface area (Å²) in [4.78, 5) is 56.9. The summed E-state index contributed by atoms with van der Waals surface area (Å²) in [6.45, 7) is 11.9. The molecule has 0 aliphatic heterocycles. The van der Waals surface area contributed by atoms with E-state index >= 15 is 0 Å². The summed E-state index contributed by atoms with van der Waals surface area (Å²) < 4.78 is 4.80. The Balaban J connectivity index is 1.91. The molecule has 1 heterocycles. The number of nitrogens with zero attached hydrogens (tertiary/aromatic N) is 2. The third kappa shape index (κ3) is 12.0. The van der Waals surface area contributed by atoms with Crippen LogP contribution in [0.5, 0.6) is 0 Å². The van der Waals surface area contributed by atoms with Crippen molar-refractivity contribution >= 4 is 23.8 Å². The highest BCUT2D eigenvalue weighted by atomic mass is 16.5. The molecule has 0 aliphatic rings. The molecule has 1 aromatic heterocycles. The number of methoxy groups -OCH3 is 1. The maximum absolute atomic E-state index is 13.9. The third-order valence-corrected chi connectivity index (χ3v) is 8.27. The SMILES string of the molecule is CNC(=O)[C@@H](NC(=O)[C@@H](CCN(Cc1ccc(-c2cccnc2)cc1)NC(=O)[C@@H](NC(=O)OC)C(C)(C)C)Cc1ccccc1)C(C)(C)C. The van der Waals surface area contributed by atoms with E-state index in [-0.39, 0.29) is 11.8 Å². The first-order valence-corrected chi connectivity index (χ1v) is 16.6. The molecule has 2 aromatic carbocycles. The van der Waals surface area contributed by atoms with Crippen molar-refractivity contribution in [3.63, 3.8) is 0 Å². The average Bonchev–Trinajstić information content (AvgIpc) is 3.07. The van der Waals surface area contributed by atoms with Crippen molar-refractivity contribution in [1.29, 1.82) is 0 Å². The number of likely N-dealkylation sites (N-methyl/N-ethyl adjacent to an activating group) is 1. The summed E-state index contributed by atoms with van der Waals surface area (Å²) in [7, 11) is 2.80. The molecule has 4 N–H and O–H groups in total. The van der Waals surface area contributed by atoms with Gasteiger partial charge in [-0.05, 0) is 52.0 Å². The number of rotatable bonds is 14. The molecule has 264 valence electrons. The number of benzene rings is 2. The Labute approximate surface area is 290 Å². The maximum atomic E-state index is 13.9. The van der Waals surface area contributed by atoms with Gasteiger partial charge in [-0.1, -0.05) is 102 Å². The number of ether oxygens (including phenoxy) is 1. The summed E-state index contributed by atoms with van der Waals surface area (Å²) in [5.74, 6) is -1.45. The first kappa shape index (κ1) is 38.7. The summed E-state index contributed by atoms with van der Waals surface area (Å²) in [5.41, 5.74) is 5.76. The van der Waals surface area contributed by atoms with Gasteiger partial charge in [-0.2, -0.15) is 0 Å². The normalized spacial score (nSPS) is 13.5. The van der Waals surface area contributed by atoms with E-state index in [2.05, 4.69) is 26.4 Å². The molecule has 0 radical (unpaired) electrons. The van der Waals surface area contributed by atoms with Crippen LogP contribution in [0.1, 0.15) is 59.1 Å². The highest BCUT2D eigenvalue weighted by Crippen LogP contribution is 2.24. The van der Waals surface area contributed by atoms with Crippen LogP contribution in [0.4, 0.5) is 4.79 Å². The number of amides is 4. The lowest BCUT2D eigenvalue weighted by atomic mass is 9.85. The standard InChI is InChI=1S/C38H52N6O5/c1-37(2,3)31(34(46)39-7)41-33(45)29(23-26-13-10-9-11-14-26)20-22-44(43-35(47)32(38(4,5)6)42-36(48)49-8)25-27-16-18-28(19-17-27)30-15-12-21-40-24-30/h9-19,21,24,29,31-32H,20,22-23,25H2,1-8H3,(H,39,46)(H,41,45)(H,42,48)(H,43,47)/t29-,31+,32+/m0/s1. The maximum Gasteiger partial charge on any atom is 0.407 e. The summed E-state index contributed by atoms with van der Waals surface area (Å²) in [5, 5.41) is 10.1. The minimum absolute atomic E-state index is 0.251. The number of carbonyl (C=O) groups is 4. The zero-order chi connectivity index (χ0) is 36.2. The number of pyridine rings is 1. The average molecular weight is 673 g/mol. The minimum Gasteiger partial charge on any atom is -0.453 e. The highest BCUT2D eigenvalue weighted by molar-refractivity contribution is 5.89. The molecule has 3 rings (SSSR count).